The molecule has 0 saturated carbocycles. The fraction of sp³-hybridized carbons (Fsp3) is 0. The normalized spacial score (nSPS) is 9.00. The molecule has 0 unspecified atom stereocenters. The lowest BCUT2D eigenvalue weighted by molar-refractivity contribution is 0.564. The molecule has 0 aromatic carbocycles. The van der Waals surface area contributed by atoms with Gasteiger partial charge in [-0.05, 0) is 11.1 Å². The fourth-order valence-electron chi connectivity index (χ4n) is 0.0257. The third-order valence-corrected chi connectivity index (χ3v) is 0.395. The Morgan fingerprint density at radius 3 is 2.40 bits per heavy atom. The molecule has 0 aliphatic rings. The quantitative estimate of drug-likeness (QED) is 0.489. The van der Waals surface area contributed by atoms with Gasteiger partial charge in [-0.15, -0.1) is 0 Å². The summed E-state index contributed by atoms with van der Waals surface area (Å²) in [4.78, 5) is 10.6. The molecule has 0 aromatic heterocycles. The van der Waals surface area contributed by atoms with Crippen molar-refractivity contribution in [3.63, 3.8) is 0 Å². The van der Waals surface area contributed by atoms with Crippen LogP contribution in [0.1, 0.15) is 0 Å². The first-order valence-electron chi connectivity index (χ1n) is 1.04. The first-order chi connectivity index (χ1) is 2.41. The summed E-state index contributed by atoms with van der Waals surface area (Å²) in [6.45, 7) is 0. The van der Waals surface area contributed by atoms with E-state index in [1.165, 1.54) is 17.3 Å². The zero-order valence-corrected chi connectivity index (χ0v) is 4.03. The highest BCUT2D eigenvalue weighted by molar-refractivity contribution is 9.11. The first kappa shape index (κ1) is 4.89. The molecule has 0 aromatic rings. The second-order valence-corrected chi connectivity index (χ2v) is 0.939. The number of rotatable bonds is 1. The molecule has 0 atom stereocenters. The summed E-state index contributed by atoms with van der Waals surface area (Å²) in [6.07, 6.45) is 2.78. The van der Waals surface area contributed by atoms with Gasteiger partial charge in [-0.3, -0.25) is 4.79 Å². The van der Waals surface area contributed by atoms with E-state index < -0.39 is 0 Å². The molecule has 0 saturated heterocycles. The van der Waals surface area contributed by atoms with Gasteiger partial charge in [0, 0.05) is 0 Å². The minimum absolute atomic E-state index is 1.24. The minimum atomic E-state index is 1.24. The standard InChI is InChI=1S/C3H2BrO/c4-2-1-3-5/h1-2H/b2-1+. The van der Waals surface area contributed by atoms with Crippen molar-refractivity contribution >= 4 is 22.2 Å². The molecular weight excluding hydrogens is 132 g/mol. The lowest BCUT2D eigenvalue weighted by Gasteiger charge is -1.47. The summed E-state index contributed by atoms with van der Waals surface area (Å²) in [5, 5.41) is 0. The van der Waals surface area contributed by atoms with Crippen LogP contribution in [-0.4, -0.2) is 6.29 Å². The van der Waals surface area contributed by atoms with Gasteiger partial charge in [0.05, 0.1) is 0 Å². The number of hydrogen-bond acceptors (Lipinski definition) is 1. The van der Waals surface area contributed by atoms with Crippen LogP contribution >= 0.6 is 15.9 Å². The van der Waals surface area contributed by atoms with E-state index >= 15 is 0 Å². The van der Waals surface area contributed by atoms with Crippen molar-refractivity contribution in [2.24, 2.45) is 0 Å². The Balaban J connectivity index is 2.92. The molecule has 0 fully saturated rings. The molecule has 0 bridgehead atoms. The highest BCUT2D eigenvalue weighted by atomic mass is 79.9. The molecule has 0 N–H and O–H groups in total. The van der Waals surface area contributed by atoms with Gasteiger partial charge in [-0.1, -0.05) is 15.9 Å². The van der Waals surface area contributed by atoms with Crippen molar-refractivity contribution in [3.8, 4) is 0 Å². The Bertz CT molecular complexity index is 48.9. The van der Waals surface area contributed by atoms with Crippen LogP contribution in [0.4, 0.5) is 0 Å². The highest BCUT2D eigenvalue weighted by Crippen LogP contribution is 1.75. The van der Waals surface area contributed by atoms with Gasteiger partial charge in [-0.25, -0.2) is 0 Å². The number of halogens is 1. The van der Waals surface area contributed by atoms with Crippen LogP contribution < -0.4 is 0 Å². The minimum Gasteiger partial charge on any atom is -0.286 e. The number of carbonyl (C=O) groups excluding carboxylic acids is 1. The SMILES string of the molecule is O=[C]/C=C/Br. The van der Waals surface area contributed by atoms with Gasteiger partial charge in [-0.2, -0.15) is 0 Å². The Labute approximate surface area is 38.8 Å². The summed E-state index contributed by atoms with van der Waals surface area (Å²) in [5.41, 5.74) is 0. The Kier molecular flexibility index (Phi) is 3.80. The molecule has 0 heterocycles. The van der Waals surface area contributed by atoms with E-state index in [0.717, 1.165) is 0 Å². The average Bonchev–Trinajstić information content (AvgIpc) is 1.41. The lowest BCUT2D eigenvalue weighted by Crippen LogP contribution is -1.47. The Morgan fingerprint density at radius 1 is 1.80 bits per heavy atom. The average molecular weight is 134 g/mol. The molecule has 2 heteroatoms. The molecule has 0 spiro atoms. The van der Waals surface area contributed by atoms with Crippen molar-refractivity contribution in [1.82, 2.24) is 0 Å². The van der Waals surface area contributed by atoms with Gasteiger partial charge in [0.25, 0.3) is 0 Å². The van der Waals surface area contributed by atoms with Crippen molar-refractivity contribution in [2.45, 2.75) is 0 Å². The van der Waals surface area contributed by atoms with Crippen LogP contribution in [-0.2, 0) is 4.79 Å². The summed E-state index contributed by atoms with van der Waals surface area (Å²) < 4.78 is 0. The molecule has 0 aliphatic carbocycles. The zero-order chi connectivity index (χ0) is 4.12. The Morgan fingerprint density at radius 2 is 2.40 bits per heavy atom. The monoisotopic (exact) mass is 133 g/mol. The summed E-state index contributed by atoms with van der Waals surface area (Å²) >= 11 is 2.87. The number of allylic oxidation sites excluding steroid dienone is 1. The van der Waals surface area contributed by atoms with Gasteiger partial charge < -0.3 is 0 Å². The van der Waals surface area contributed by atoms with Gasteiger partial charge in [0.15, 0.2) is 0 Å². The fourth-order valence-corrected chi connectivity index (χ4v) is 0.134. The van der Waals surface area contributed by atoms with Crippen LogP contribution in [0.3, 0.4) is 0 Å². The van der Waals surface area contributed by atoms with Crippen LogP contribution in [0.2, 0.25) is 0 Å². The van der Waals surface area contributed by atoms with Gasteiger partial charge in [0.1, 0.15) is 0 Å². The molecule has 5 heavy (non-hydrogen) atoms. The van der Waals surface area contributed by atoms with E-state index in [-0.39, 0.29) is 0 Å². The topological polar surface area (TPSA) is 17.1 Å². The van der Waals surface area contributed by atoms with E-state index in [0.29, 0.717) is 0 Å². The van der Waals surface area contributed by atoms with Crippen LogP contribution in [0.25, 0.3) is 0 Å². The largest absolute Gasteiger partial charge is 0.286 e. The second-order valence-electron chi connectivity index (χ2n) is 0.411. The lowest BCUT2D eigenvalue weighted by atomic mass is 10.8. The molecule has 1 radical (unpaired) electrons. The maximum Gasteiger partial charge on any atom is 0.226 e. The van der Waals surface area contributed by atoms with E-state index in [4.69, 9.17) is 4.79 Å². The van der Waals surface area contributed by atoms with Crippen LogP contribution in [0, 0.1) is 0 Å². The van der Waals surface area contributed by atoms with E-state index in [1.807, 2.05) is 0 Å². The van der Waals surface area contributed by atoms with Gasteiger partial charge in [0.2, 0.25) is 6.29 Å². The maximum atomic E-state index is 9.16. The van der Waals surface area contributed by atoms with Crippen molar-refractivity contribution in [2.75, 3.05) is 0 Å². The summed E-state index contributed by atoms with van der Waals surface area (Å²) in [7, 11) is 0. The van der Waals surface area contributed by atoms with E-state index in [2.05, 4.69) is 15.9 Å². The zero-order valence-electron chi connectivity index (χ0n) is 2.44. The van der Waals surface area contributed by atoms with Crippen molar-refractivity contribution in [1.29, 1.82) is 0 Å². The maximum absolute atomic E-state index is 9.16. The van der Waals surface area contributed by atoms with Crippen molar-refractivity contribution < 1.29 is 4.79 Å². The third-order valence-electron chi connectivity index (χ3n) is 0.131. The van der Waals surface area contributed by atoms with Gasteiger partial charge >= 0.3 is 0 Å². The third kappa shape index (κ3) is 3.89. The molecule has 0 amide bonds. The molecule has 1 nitrogen and oxygen atoms in total. The molecule has 0 aliphatic heterocycles. The molecule has 0 rings (SSSR count). The highest BCUT2D eigenvalue weighted by Gasteiger charge is 1.53. The smallest absolute Gasteiger partial charge is 0.226 e. The molecular formula is C3H2BrO. The van der Waals surface area contributed by atoms with Crippen LogP contribution in [0.15, 0.2) is 11.1 Å². The summed E-state index contributed by atoms with van der Waals surface area (Å²) in [5.74, 6) is 0. The summed E-state index contributed by atoms with van der Waals surface area (Å²) in [6, 6.07) is 0. The predicted octanol–water partition coefficient (Wildman–Crippen LogP) is 1.00. The first-order valence-corrected chi connectivity index (χ1v) is 1.96. The second kappa shape index (κ2) is 3.89. The predicted molar refractivity (Wildman–Crippen MR) is 23.8 cm³/mol. The van der Waals surface area contributed by atoms with E-state index in [1.54, 1.807) is 0 Å². The van der Waals surface area contributed by atoms with E-state index in [9.17, 15) is 0 Å². The Hall–Kier alpha value is -0.110. The van der Waals surface area contributed by atoms with Crippen molar-refractivity contribution in [3.05, 3.63) is 11.1 Å². The van der Waals surface area contributed by atoms with Crippen LogP contribution in [0.5, 0.6) is 0 Å². The number of hydrogen-bond donors (Lipinski definition) is 0. The molecule has 27 valence electrons.